The lowest BCUT2D eigenvalue weighted by Crippen LogP contribution is -2.49. The van der Waals surface area contributed by atoms with Gasteiger partial charge in [0.05, 0.1) is 13.2 Å². The van der Waals surface area contributed by atoms with Gasteiger partial charge in [0.25, 0.3) is 0 Å². The minimum absolute atomic E-state index is 0.548. The molecule has 0 aromatic heterocycles. The van der Waals surface area contributed by atoms with Crippen LogP contribution in [0.1, 0.15) is 27.7 Å². The molecule has 0 radical (unpaired) electrons. The number of ether oxygens (including phenoxy) is 1. The van der Waals surface area contributed by atoms with Crippen molar-refractivity contribution in [2.75, 3.05) is 65.6 Å². The molecule has 0 unspecified atom stereocenters. The van der Waals surface area contributed by atoms with Crippen LogP contribution in [-0.4, -0.2) is 87.5 Å². The number of hydrogen-bond donors (Lipinski definition) is 2. The van der Waals surface area contributed by atoms with Crippen LogP contribution in [0.3, 0.4) is 0 Å². The summed E-state index contributed by atoms with van der Waals surface area (Å²) in [4.78, 5) is 5.07. The van der Waals surface area contributed by atoms with Crippen molar-refractivity contribution >= 4 is 0 Å². The molecule has 2 N–H and O–H groups in total. The van der Waals surface area contributed by atoms with E-state index in [1.165, 1.54) is 32.7 Å². The summed E-state index contributed by atoms with van der Waals surface area (Å²) in [6.45, 7) is 19.4. The second-order valence-electron chi connectivity index (χ2n) is 6.51. The lowest BCUT2D eigenvalue weighted by Gasteiger charge is -2.34. The van der Waals surface area contributed by atoms with Crippen LogP contribution >= 0.6 is 0 Å². The fourth-order valence-electron chi connectivity index (χ4n) is 2.46. The van der Waals surface area contributed by atoms with Gasteiger partial charge in [0, 0.05) is 64.4 Å². The van der Waals surface area contributed by atoms with E-state index in [9.17, 15) is 0 Å². The molecule has 0 aromatic rings. The Labute approximate surface area is 131 Å². The molecule has 1 rings (SSSR count). The van der Waals surface area contributed by atoms with Gasteiger partial charge >= 0.3 is 0 Å². The third-order valence-corrected chi connectivity index (χ3v) is 3.80. The molecule has 5 nitrogen and oxygen atoms in total. The van der Waals surface area contributed by atoms with Gasteiger partial charge in [-0.1, -0.05) is 27.7 Å². The van der Waals surface area contributed by atoms with E-state index in [0.29, 0.717) is 12.1 Å². The fraction of sp³-hybridized carbons (Fsp3) is 1.00. The smallest absolute Gasteiger partial charge is 0.0594 e. The first-order valence-electron chi connectivity index (χ1n) is 8.57. The van der Waals surface area contributed by atoms with E-state index in [1.807, 2.05) is 0 Å². The SMILES string of the molecule is CC(C)NCCOCCN1CCN(CCNC(C)C)CC1. The van der Waals surface area contributed by atoms with E-state index in [-0.39, 0.29) is 0 Å². The van der Waals surface area contributed by atoms with E-state index < -0.39 is 0 Å². The normalized spacial score (nSPS) is 18.0. The molecule has 0 amide bonds. The van der Waals surface area contributed by atoms with Gasteiger partial charge < -0.3 is 15.4 Å². The zero-order chi connectivity index (χ0) is 15.5. The highest BCUT2D eigenvalue weighted by molar-refractivity contribution is 4.72. The predicted molar refractivity (Wildman–Crippen MR) is 90.0 cm³/mol. The molecule has 0 saturated carbocycles. The molecule has 5 heteroatoms. The van der Waals surface area contributed by atoms with Crippen LogP contribution in [0, 0.1) is 0 Å². The van der Waals surface area contributed by atoms with Gasteiger partial charge in [-0.25, -0.2) is 0 Å². The number of rotatable bonds is 11. The summed E-state index contributed by atoms with van der Waals surface area (Å²) in [5, 5.41) is 6.85. The standard InChI is InChI=1S/C16H36N4O/c1-15(2)17-5-7-19-8-10-20(11-9-19)12-14-21-13-6-18-16(3)4/h15-18H,5-14H2,1-4H3. The minimum atomic E-state index is 0.548. The Morgan fingerprint density at radius 3 is 1.86 bits per heavy atom. The molecule has 1 aliphatic rings. The first kappa shape index (κ1) is 18.8. The van der Waals surface area contributed by atoms with Gasteiger partial charge in [0.1, 0.15) is 0 Å². The number of hydrogen-bond acceptors (Lipinski definition) is 5. The van der Waals surface area contributed by atoms with Crippen LogP contribution in [-0.2, 0) is 4.74 Å². The summed E-state index contributed by atoms with van der Waals surface area (Å²) < 4.78 is 5.68. The first-order chi connectivity index (χ1) is 10.1. The topological polar surface area (TPSA) is 39.8 Å². The van der Waals surface area contributed by atoms with Gasteiger partial charge in [-0.05, 0) is 0 Å². The third kappa shape index (κ3) is 10.2. The highest BCUT2D eigenvalue weighted by Gasteiger charge is 2.15. The van der Waals surface area contributed by atoms with Crippen molar-refractivity contribution in [2.45, 2.75) is 39.8 Å². The minimum Gasteiger partial charge on any atom is -0.379 e. The number of nitrogens with zero attached hydrogens (tertiary/aromatic N) is 2. The van der Waals surface area contributed by atoms with Crippen LogP contribution in [0.15, 0.2) is 0 Å². The van der Waals surface area contributed by atoms with E-state index in [1.54, 1.807) is 0 Å². The molecule has 1 heterocycles. The fourth-order valence-corrected chi connectivity index (χ4v) is 2.46. The zero-order valence-corrected chi connectivity index (χ0v) is 14.5. The van der Waals surface area contributed by atoms with Crippen molar-refractivity contribution < 1.29 is 4.74 Å². The second kappa shape index (κ2) is 11.4. The second-order valence-corrected chi connectivity index (χ2v) is 6.51. The van der Waals surface area contributed by atoms with Crippen molar-refractivity contribution in [3.05, 3.63) is 0 Å². The predicted octanol–water partition coefficient (Wildman–Crippen LogP) is 0.617. The van der Waals surface area contributed by atoms with E-state index in [2.05, 4.69) is 48.1 Å². The summed E-state index contributed by atoms with van der Waals surface area (Å²) in [6.07, 6.45) is 0. The van der Waals surface area contributed by atoms with Crippen LogP contribution in [0.5, 0.6) is 0 Å². The molecule has 21 heavy (non-hydrogen) atoms. The van der Waals surface area contributed by atoms with Crippen molar-refractivity contribution in [3.8, 4) is 0 Å². The summed E-state index contributed by atoms with van der Waals surface area (Å²) in [6, 6.07) is 1.14. The monoisotopic (exact) mass is 300 g/mol. The number of piperazine rings is 1. The molecule has 126 valence electrons. The van der Waals surface area contributed by atoms with Gasteiger partial charge in [-0.2, -0.15) is 0 Å². The largest absolute Gasteiger partial charge is 0.379 e. The Bertz CT molecular complexity index is 238. The Hall–Kier alpha value is -0.200. The quantitative estimate of drug-likeness (QED) is 0.547. The molecule has 0 atom stereocenters. The maximum absolute atomic E-state index is 5.68. The van der Waals surface area contributed by atoms with Gasteiger partial charge in [0.15, 0.2) is 0 Å². The highest BCUT2D eigenvalue weighted by Crippen LogP contribution is 2.00. The van der Waals surface area contributed by atoms with E-state index in [4.69, 9.17) is 4.74 Å². The maximum Gasteiger partial charge on any atom is 0.0594 e. The lowest BCUT2D eigenvalue weighted by molar-refractivity contribution is 0.0762. The Balaban J connectivity index is 1.93. The summed E-state index contributed by atoms with van der Waals surface area (Å²) in [5.41, 5.74) is 0. The molecule has 0 aliphatic carbocycles. The molecule has 0 bridgehead atoms. The molecular formula is C16H36N4O. The summed E-state index contributed by atoms with van der Waals surface area (Å²) >= 11 is 0. The van der Waals surface area contributed by atoms with Crippen LogP contribution in [0.4, 0.5) is 0 Å². The van der Waals surface area contributed by atoms with E-state index >= 15 is 0 Å². The summed E-state index contributed by atoms with van der Waals surface area (Å²) in [7, 11) is 0. The Kier molecular flexibility index (Phi) is 10.2. The third-order valence-electron chi connectivity index (χ3n) is 3.80. The maximum atomic E-state index is 5.68. The first-order valence-corrected chi connectivity index (χ1v) is 8.57. The van der Waals surface area contributed by atoms with Crippen molar-refractivity contribution in [1.82, 2.24) is 20.4 Å². The Morgan fingerprint density at radius 1 is 0.762 bits per heavy atom. The average Bonchev–Trinajstić information content (AvgIpc) is 2.43. The molecule has 0 aromatic carbocycles. The van der Waals surface area contributed by atoms with Crippen molar-refractivity contribution in [2.24, 2.45) is 0 Å². The summed E-state index contributed by atoms with van der Waals surface area (Å²) in [5.74, 6) is 0. The van der Waals surface area contributed by atoms with Crippen LogP contribution in [0.25, 0.3) is 0 Å². The van der Waals surface area contributed by atoms with Crippen LogP contribution < -0.4 is 10.6 Å². The van der Waals surface area contributed by atoms with Gasteiger partial charge in [-0.3, -0.25) is 9.80 Å². The lowest BCUT2D eigenvalue weighted by atomic mass is 10.3. The molecule has 1 fully saturated rings. The van der Waals surface area contributed by atoms with Gasteiger partial charge in [0.2, 0.25) is 0 Å². The molecule has 1 saturated heterocycles. The number of nitrogens with one attached hydrogen (secondary N) is 2. The molecule has 1 aliphatic heterocycles. The van der Waals surface area contributed by atoms with Crippen molar-refractivity contribution in [3.63, 3.8) is 0 Å². The Morgan fingerprint density at radius 2 is 1.29 bits per heavy atom. The highest BCUT2D eigenvalue weighted by atomic mass is 16.5. The van der Waals surface area contributed by atoms with Crippen LogP contribution in [0.2, 0.25) is 0 Å². The van der Waals surface area contributed by atoms with Crippen molar-refractivity contribution in [1.29, 1.82) is 0 Å². The molecular weight excluding hydrogens is 264 g/mol. The van der Waals surface area contributed by atoms with E-state index in [0.717, 1.165) is 32.8 Å². The van der Waals surface area contributed by atoms with Gasteiger partial charge in [-0.15, -0.1) is 0 Å². The average molecular weight is 300 g/mol. The molecule has 0 spiro atoms. The zero-order valence-electron chi connectivity index (χ0n) is 14.5.